The van der Waals surface area contributed by atoms with Gasteiger partial charge in [-0.05, 0) is 31.9 Å². The van der Waals surface area contributed by atoms with Gasteiger partial charge in [0.2, 0.25) is 5.91 Å². The molecule has 1 fully saturated rings. The number of carbonyl (C=O) groups excluding carboxylic acids is 1. The molecular formula is C20H32N2O3. The Morgan fingerprint density at radius 2 is 1.80 bits per heavy atom. The van der Waals surface area contributed by atoms with Gasteiger partial charge < -0.3 is 20.1 Å². The molecule has 1 unspecified atom stereocenters. The average Bonchev–Trinajstić information content (AvgIpc) is 2.57. The van der Waals surface area contributed by atoms with Gasteiger partial charge in [-0.15, -0.1) is 0 Å². The lowest BCUT2D eigenvalue weighted by Gasteiger charge is -2.25. The van der Waals surface area contributed by atoms with E-state index in [1.54, 1.807) is 20.3 Å². The molecule has 0 bridgehead atoms. The summed E-state index contributed by atoms with van der Waals surface area (Å²) >= 11 is 0. The van der Waals surface area contributed by atoms with Crippen LogP contribution in [0.1, 0.15) is 58.3 Å². The molecule has 1 aromatic carbocycles. The van der Waals surface area contributed by atoms with Crippen molar-refractivity contribution in [1.29, 1.82) is 0 Å². The van der Waals surface area contributed by atoms with Crippen molar-refractivity contribution < 1.29 is 14.3 Å². The van der Waals surface area contributed by atoms with E-state index in [4.69, 9.17) is 9.47 Å². The number of benzene rings is 1. The van der Waals surface area contributed by atoms with Gasteiger partial charge in [-0.25, -0.2) is 0 Å². The molecule has 25 heavy (non-hydrogen) atoms. The minimum atomic E-state index is -0.00527. The van der Waals surface area contributed by atoms with Crippen molar-refractivity contribution in [2.24, 2.45) is 0 Å². The van der Waals surface area contributed by atoms with Crippen LogP contribution in [0.3, 0.4) is 0 Å². The Labute approximate surface area is 151 Å². The number of hydrogen-bond acceptors (Lipinski definition) is 4. The normalized spacial score (nSPS) is 17.2. The van der Waals surface area contributed by atoms with E-state index in [0.29, 0.717) is 29.6 Å². The van der Waals surface area contributed by atoms with E-state index in [2.05, 4.69) is 17.6 Å². The quantitative estimate of drug-likeness (QED) is 0.778. The van der Waals surface area contributed by atoms with E-state index in [1.807, 2.05) is 12.1 Å². The molecule has 1 aliphatic rings. The Bertz CT molecular complexity index is 540. The van der Waals surface area contributed by atoms with Crippen LogP contribution in [0.25, 0.3) is 0 Å². The molecule has 1 aromatic rings. The first kappa shape index (κ1) is 19.6. The topological polar surface area (TPSA) is 59.6 Å². The molecule has 1 aliphatic carbocycles. The predicted octanol–water partition coefficient (Wildman–Crippen LogP) is 4.12. The van der Waals surface area contributed by atoms with Crippen molar-refractivity contribution in [2.45, 2.75) is 70.4 Å². The Kier molecular flexibility index (Phi) is 8.06. The molecule has 0 spiro atoms. The summed E-state index contributed by atoms with van der Waals surface area (Å²) in [5.74, 6) is 1.30. The van der Waals surface area contributed by atoms with Crippen molar-refractivity contribution >= 4 is 11.6 Å². The summed E-state index contributed by atoms with van der Waals surface area (Å²) in [5, 5.41) is 6.58. The van der Waals surface area contributed by atoms with E-state index in [-0.39, 0.29) is 11.9 Å². The maximum atomic E-state index is 12.4. The zero-order valence-corrected chi connectivity index (χ0v) is 15.8. The maximum absolute atomic E-state index is 12.4. The molecule has 0 aromatic heterocycles. The number of ether oxygens (including phenoxy) is 2. The first-order valence-electron chi connectivity index (χ1n) is 9.40. The second kappa shape index (κ2) is 10.3. The number of methoxy groups -OCH3 is 2. The van der Waals surface area contributed by atoms with Crippen LogP contribution in [0.15, 0.2) is 18.2 Å². The van der Waals surface area contributed by atoms with Gasteiger partial charge in [0, 0.05) is 24.6 Å². The van der Waals surface area contributed by atoms with Crippen LogP contribution in [0.5, 0.6) is 11.5 Å². The highest BCUT2D eigenvalue weighted by atomic mass is 16.5. The minimum Gasteiger partial charge on any atom is -0.497 e. The zero-order valence-electron chi connectivity index (χ0n) is 15.8. The summed E-state index contributed by atoms with van der Waals surface area (Å²) in [5.41, 5.74) is 0.673. The van der Waals surface area contributed by atoms with Gasteiger partial charge in [-0.2, -0.15) is 0 Å². The van der Waals surface area contributed by atoms with E-state index in [0.717, 1.165) is 0 Å². The summed E-state index contributed by atoms with van der Waals surface area (Å²) in [6.07, 6.45) is 9.52. The molecule has 140 valence electrons. The van der Waals surface area contributed by atoms with Crippen molar-refractivity contribution in [3.8, 4) is 11.5 Å². The third-order valence-electron chi connectivity index (χ3n) is 4.80. The molecule has 0 aliphatic heterocycles. The van der Waals surface area contributed by atoms with Crippen LogP contribution in [-0.2, 0) is 4.79 Å². The second-order valence-corrected chi connectivity index (χ2v) is 6.93. The molecule has 0 heterocycles. The molecule has 2 N–H and O–H groups in total. The molecule has 1 amide bonds. The average molecular weight is 348 g/mol. The van der Waals surface area contributed by atoms with Gasteiger partial charge in [0.15, 0.2) is 0 Å². The SMILES string of the molecule is COc1ccc(NC(=O)CC(C)NC2CCCCCCC2)c(OC)c1. The summed E-state index contributed by atoms with van der Waals surface area (Å²) in [6, 6.07) is 6.09. The Morgan fingerprint density at radius 1 is 1.12 bits per heavy atom. The van der Waals surface area contributed by atoms with Crippen molar-refractivity contribution in [1.82, 2.24) is 5.32 Å². The molecule has 2 rings (SSSR count). The Balaban J connectivity index is 1.84. The number of nitrogens with one attached hydrogen (secondary N) is 2. The maximum Gasteiger partial charge on any atom is 0.226 e. The van der Waals surface area contributed by atoms with Crippen molar-refractivity contribution in [2.75, 3.05) is 19.5 Å². The lowest BCUT2D eigenvalue weighted by molar-refractivity contribution is -0.116. The van der Waals surface area contributed by atoms with E-state index >= 15 is 0 Å². The first-order chi connectivity index (χ1) is 12.1. The standard InChI is InChI=1S/C20H32N2O3/c1-15(21-16-9-7-5-4-6-8-10-16)13-20(23)22-18-12-11-17(24-2)14-19(18)25-3/h11-12,14-16,21H,4-10,13H2,1-3H3,(H,22,23). The summed E-state index contributed by atoms with van der Waals surface area (Å²) in [7, 11) is 3.19. The fourth-order valence-electron chi connectivity index (χ4n) is 3.47. The van der Waals surface area contributed by atoms with Gasteiger partial charge in [0.1, 0.15) is 11.5 Å². The number of amides is 1. The van der Waals surface area contributed by atoms with Crippen LogP contribution in [0.4, 0.5) is 5.69 Å². The van der Waals surface area contributed by atoms with Crippen LogP contribution in [0, 0.1) is 0 Å². The number of carbonyl (C=O) groups is 1. The van der Waals surface area contributed by atoms with Gasteiger partial charge >= 0.3 is 0 Å². The number of rotatable bonds is 7. The number of hydrogen-bond donors (Lipinski definition) is 2. The Hall–Kier alpha value is -1.75. The summed E-state index contributed by atoms with van der Waals surface area (Å²) in [6.45, 7) is 2.09. The van der Waals surface area contributed by atoms with E-state index in [1.165, 1.54) is 44.9 Å². The van der Waals surface area contributed by atoms with Crippen LogP contribution in [0.2, 0.25) is 0 Å². The van der Waals surface area contributed by atoms with Gasteiger partial charge in [-0.3, -0.25) is 4.79 Å². The molecular weight excluding hydrogens is 316 g/mol. The predicted molar refractivity (Wildman–Crippen MR) is 101 cm³/mol. The molecule has 5 nitrogen and oxygen atoms in total. The highest BCUT2D eigenvalue weighted by molar-refractivity contribution is 5.92. The smallest absolute Gasteiger partial charge is 0.226 e. The van der Waals surface area contributed by atoms with Crippen LogP contribution >= 0.6 is 0 Å². The molecule has 1 atom stereocenters. The summed E-state index contributed by atoms with van der Waals surface area (Å²) < 4.78 is 10.5. The first-order valence-corrected chi connectivity index (χ1v) is 9.40. The fraction of sp³-hybridized carbons (Fsp3) is 0.650. The molecule has 0 radical (unpaired) electrons. The minimum absolute atomic E-state index is 0.00527. The van der Waals surface area contributed by atoms with Gasteiger partial charge in [0.25, 0.3) is 0 Å². The van der Waals surface area contributed by atoms with Crippen LogP contribution in [-0.4, -0.2) is 32.2 Å². The van der Waals surface area contributed by atoms with Crippen molar-refractivity contribution in [3.05, 3.63) is 18.2 Å². The van der Waals surface area contributed by atoms with Gasteiger partial charge in [0.05, 0.1) is 19.9 Å². The molecule has 1 saturated carbocycles. The van der Waals surface area contributed by atoms with Gasteiger partial charge in [-0.1, -0.05) is 32.1 Å². The largest absolute Gasteiger partial charge is 0.497 e. The third kappa shape index (κ3) is 6.58. The van der Waals surface area contributed by atoms with E-state index in [9.17, 15) is 4.79 Å². The lowest BCUT2D eigenvalue weighted by atomic mass is 9.96. The monoisotopic (exact) mass is 348 g/mol. The fourth-order valence-corrected chi connectivity index (χ4v) is 3.47. The third-order valence-corrected chi connectivity index (χ3v) is 4.80. The zero-order chi connectivity index (χ0) is 18.1. The summed E-state index contributed by atoms with van der Waals surface area (Å²) in [4.78, 5) is 12.4. The highest BCUT2D eigenvalue weighted by Crippen LogP contribution is 2.29. The highest BCUT2D eigenvalue weighted by Gasteiger charge is 2.17. The second-order valence-electron chi connectivity index (χ2n) is 6.93. The van der Waals surface area contributed by atoms with Crippen LogP contribution < -0.4 is 20.1 Å². The lowest BCUT2D eigenvalue weighted by Crippen LogP contribution is -2.39. The molecule has 0 saturated heterocycles. The number of anilines is 1. The van der Waals surface area contributed by atoms with E-state index < -0.39 is 0 Å². The Morgan fingerprint density at radius 3 is 2.44 bits per heavy atom. The molecule has 5 heteroatoms. The van der Waals surface area contributed by atoms with Crippen molar-refractivity contribution in [3.63, 3.8) is 0 Å².